The molecule has 2 N–H and O–H groups in total. The van der Waals surface area contributed by atoms with Gasteiger partial charge in [0.25, 0.3) is 0 Å². The summed E-state index contributed by atoms with van der Waals surface area (Å²) >= 11 is 0. The number of nitrogens with two attached hydrogens (primary N) is 1. The van der Waals surface area contributed by atoms with Gasteiger partial charge in [-0.1, -0.05) is 0 Å². The van der Waals surface area contributed by atoms with Gasteiger partial charge in [0, 0.05) is 5.69 Å². The Bertz CT molecular complexity index is 600. The predicted molar refractivity (Wildman–Crippen MR) is 73.0 cm³/mol. The van der Waals surface area contributed by atoms with Gasteiger partial charge in [0.05, 0.1) is 29.7 Å². The number of hydrogen-bond acceptors (Lipinski definition) is 4. The second-order valence-electron chi connectivity index (χ2n) is 5.90. The third kappa shape index (κ3) is 1.36. The van der Waals surface area contributed by atoms with Gasteiger partial charge in [-0.25, -0.2) is 4.90 Å². The lowest BCUT2D eigenvalue weighted by molar-refractivity contribution is -0.124. The molecule has 0 radical (unpaired) electrons. The van der Waals surface area contributed by atoms with Crippen molar-refractivity contribution in [3.63, 3.8) is 0 Å². The molecular formula is C15H16N2O3. The number of carbonyl (C=O) groups is 2. The molecule has 5 heteroatoms. The van der Waals surface area contributed by atoms with Gasteiger partial charge in [0.1, 0.15) is 0 Å². The third-order valence-corrected chi connectivity index (χ3v) is 4.75. The van der Waals surface area contributed by atoms with Crippen molar-refractivity contribution in [2.24, 2.45) is 11.8 Å². The Balaban J connectivity index is 1.77. The predicted octanol–water partition coefficient (Wildman–Crippen LogP) is 1.24. The molecule has 104 valence electrons. The molecule has 4 atom stereocenters. The molecular weight excluding hydrogens is 256 g/mol. The summed E-state index contributed by atoms with van der Waals surface area (Å²) in [6, 6.07) is 5.27. The average molecular weight is 272 g/mol. The molecule has 0 aliphatic carbocycles. The van der Waals surface area contributed by atoms with Crippen molar-refractivity contribution in [3.8, 4) is 0 Å². The number of amides is 2. The van der Waals surface area contributed by atoms with Crippen LogP contribution >= 0.6 is 0 Å². The molecule has 3 fully saturated rings. The minimum Gasteiger partial charge on any atom is -0.399 e. The molecule has 20 heavy (non-hydrogen) atoms. The van der Waals surface area contributed by atoms with E-state index in [4.69, 9.17) is 10.5 Å². The summed E-state index contributed by atoms with van der Waals surface area (Å²) in [7, 11) is 0. The van der Waals surface area contributed by atoms with Crippen LogP contribution in [0, 0.1) is 18.8 Å². The normalized spacial score (nSPS) is 35.0. The topological polar surface area (TPSA) is 72.6 Å². The molecule has 3 aliphatic rings. The van der Waals surface area contributed by atoms with E-state index in [1.54, 1.807) is 18.2 Å². The third-order valence-electron chi connectivity index (χ3n) is 4.75. The van der Waals surface area contributed by atoms with Gasteiger partial charge in [0.15, 0.2) is 0 Å². The van der Waals surface area contributed by atoms with Gasteiger partial charge in [-0.2, -0.15) is 0 Å². The fraction of sp³-hybridized carbons (Fsp3) is 0.467. The molecule has 0 saturated carbocycles. The summed E-state index contributed by atoms with van der Waals surface area (Å²) in [6.45, 7) is 1.87. The molecule has 3 aliphatic heterocycles. The number of hydrogen-bond donors (Lipinski definition) is 1. The number of aryl methyl sites for hydroxylation is 1. The standard InChI is InChI=1S/C15H16N2O3/c1-7-6-8(16)2-3-9(7)17-14(18)12-10-4-5-11(20-10)13(12)15(17)19/h2-3,6,10-13H,4-5,16H2,1H3/t10-,11+,12-,13+. The smallest absolute Gasteiger partial charge is 0.240 e. The molecule has 4 rings (SSSR count). The quantitative estimate of drug-likeness (QED) is 0.616. The van der Waals surface area contributed by atoms with Crippen LogP contribution in [0.15, 0.2) is 18.2 Å². The van der Waals surface area contributed by atoms with Crippen molar-refractivity contribution >= 4 is 23.2 Å². The Morgan fingerprint density at radius 1 is 1.15 bits per heavy atom. The first-order valence-corrected chi connectivity index (χ1v) is 6.97. The second kappa shape index (κ2) is 3.82. The number of anilines is 2. The van der Waals surface area contributed by atoms with Gasteiger partial charge >= 0.3 is 0 Å². The fourth-order valence-electron chi connectivity index (χ4n) is 3.88. The number of carbonyl (C=O) groups excluding carboxylic acids is 2. The Hall–Kier alpha value is -1.88. The van der Waals surface area contributed by atoms with Crippen molar-refractivity contribution < 1.29 is 14.3 Å². The van der Waals surface area contributed by atoms with Crippen LogP contribution < -0.4 is 10.6 Å². The monoisotopic (exact) mass is 272 g/mol. The minimum absolute atomic E-state index is 0.0689. The van der Waals surface area contributed by atoms with Crippen LogP contribution in [0.25, 0.3) is 0 Å². The number of imide groups is 1. The summed E-state index contributed by atoms with van der Waals surface area (Å²) in [4.78, 5) is 26.6. The van der Waals surface area contributed by atoms with E-state index in [1.807, 2.05) is 6.92 Å². The molecule has 1 aromatic carbocycles. The van der Waals surface area contributed by atoms with E-state index < -0.39 is 0 Å². The van der Waals surface area contributed by atoms with Crippen molar-refractivity contribution in [2.75, 3.05) is 10.6 Å². The fourth-order valence-corrected chi connectivity index (χ4v) is 3.88. The van der Waals surface area contributed by atoms with Crippen molar-refractivity contribution in [1.29, 1.82) is 0 Å². The van der Waals surface area contributed by atoms with Crippen molar-refractivity contribution in [3.05, 3.63) is 23.8 Å². The van der Waals surface area contributed by atoms with Crippen LogP contribution in [0.1, 0.15) is 18.4 Å². The zero-order chi connectivity index (χ0) is 14.0. The average Bonchev–Trinajstić information content (AvgIpc) is 3.06. The van der Waals surface area contributed by atoms with Crippen LogP contribution in [0.5, 0.6) is 0 Å². The number of rotatable bonds is 1. The lowest BCUT2D eigenvalue weighted by Crippen LogP contribution is -2.34. The first-order valence-electron chi connectivity index (χ1n) is 6.97. The summed E-state index contributed by atoms with van der Waals surface area (Å²) in [5.41, 5.74) is 7.87. The lowest BCUT2D eigenvalue weighted by atomic mass is 9.81. The van der Waals surface area contributed by atoms with Gasteiger partial charge in [-0.05, 0) is 43.5 Å². The number of nitrogen functional groups attached to an aromatic ring is 1. The van der Waals surface area contributed by atoms with E-state index in [9.17, 15) is 9.59 Å². The number of fused-ring (bicyclic) bond motifs is 5. The maximum atomic E-state index is 12.6. The van der Waals surface area contributed by atoms with Crippen molar-refractivity contribution in [1.82, 2.24) is 0 Å². The Labute approximate surface area is 116 Å². The molecule has 5 nitrogen and oxygen atoms in total. The van der Waals surface area contributed by atoms with Crippen LogP contribution in [0.2, 0.25) is 0 Å². The molecule has 0 aromatic heterocycles. The van der Waals surface area contributed by atoms with E-state index in [0.29, 0.717) is 11.4 Å². The van der Waals surface area contributed by atoms with Crippen LogP contribution in [0.4, 0.5) is 11.4 Å². The molecule has 2 bridgehead atoms. The molecule has 0 unspecified atom stereocenters. The van der Waals surface area contributed by atoms with E-state index in [0.717, 1.165) is 18.4 Å². The SMILES string of the molecule is Cc1cc(N)ccc1N1C(=O)[C@@H]2[C@H](C1=O)[C@H]1CC[C@@H]2O1. The number of nitrogens with zero attached hydrogens (tertiary/aromatic N) is 1. The van der Waals surface area contributed by atoms with Crippen LogP contribution in [0.3, 0.4) is 0 Å². The summed E-state index contributed by atoms with van der Waals surface area (Å²) in [6.07, 6.45) is 1.64. The highest BCUT2D eigenvalue weighted by molar-refractivity contribution is 6.23. The number of benzene rings is 1. The Morgan fingerprint density at radius 3 is 2.30 bits per heavy atom. The zero-order valence-corrected chi connectivity index (χ0v) is 11.2. The highest BCUT2D eigenvalue weighted by atomic mass is 16.5. The Kier molecular flexibility index (Phi) is 2.27. The maximum absolute atomic E-state index is 12.6. The van der Waals surface area contributed by atoms with Gasteiger partial charge < -0.3 is 10.5 Å². The van der Waals surface area contributed by atoms with E-state index in [2.05, 4.69) is 0 Å². The van der Waals surface area contributed by atoms with Crippen LogP contribution in [-0.2, 0) is 14.3 Å². The summed E-state index contributed by atoms with van der Waals surface area (Å²) in [5.74, 6) is -0.781. The lowest BCUT2D eigenvalue weighted by Gasteiger charge is -2.19. The molecule has 0 spiro atoms. The summed E-state index contributed by atoms with van der Waals surface area (Å²) in [5, 5.41) is 0. The number of ether oxygens (including phenoxy) is 1. The largest absolute Gasteiger partial charge is 0.399 e. The maximum Gasteiger partial charge on any atom is 0.240 e. The van der Waals surface area contributed by atoms with Crippen molar-refractivity contribution in [2.45, 2.75) is 32.0 Å². The molecule has 1 aromatic rings. The second-order valence-corrected chi connectivity index (χ2v) is 5.90. The first kappa shape index (κ1) is 11.9. The highest BCUT2D eigenvalue weighted by Crippen LogP contribution is 2.49. The van der Waals surface area contributed by atoms with E-state index >= 15 is 0 Å². The van der Waals surface area contributed by atoms with Gasteiger partial charge in [-0.3, -0.25) is 9.59 Å². The molecule has 2 amide bonds. The van der Waals surface area contributed by atoms with E-state index in [1.165, 1.54) is 4.90 Å². The minimum atomic E-state index is -0.279. The van der Waals surface area contributed by atoms with Gasteiger partial charge in [0.2, 0.25) is 11.8 Å². The Morgan fingerprint density at radius 2 is 1.75 bits per heavy atom. The first-order chi connectivity index (χ1) is 9.58. The summed E-state index contributed by atoms with van der Waals surface area (Å²) < 4.78 is 5.73. The molecule has 3 saturated heterocycles. The highest BCUT2D eigenvalue weighted by Gasteiger charge is 2.62. The van der Waals surface area contributed by atoms with E-state index in [-0.39, 0.29) is 35.9 Å². The van der Waals surface area contributed by atoms with Gasteiger partial charge in [-0.15, -0.1) is 0 Å². The van der Waals surface area contributed by atoms with Crippen LogP contribution in [-0.4, -0.2) is 24.0 Å². The molecule has 3 heterocycles. The zero-order valence-electron chi connectivity index (χ0n) is 11.2.